The molecule has 0 unspecified atom stereocenters. The molecule has 1 aliphatic heterocycles. The van der Waals surface area contributed by atoms with E-state index < -0.39 is 16.7 Å². The van der Waals surface area contributed by atoms with Gasteiger partial charge in [0, 0.05) is 24.2 Å². The van der Waals surface area contributed by atoms with E-state index in [0.717, 1.165) is 5.56 Å². The Morgan fingerprint density at radius 1 is 1.18 bits per heavy atom. The number of ether oxygens (including phenoxy) is 1. The maximum atomic E-state index is 12.8. The highest BCUT2D eigenvalue weighted by molar-refractivity contribution is 7.80. The largest absolute Gasteiger partial charge is 0.457 e. The molecular weight excluding hydrogens is 442 g/mol. The molecule has 1 heterocycles. The summed E-state index contributed by atoms with van der Waals surface area (Å²) in [5, 5.41) is 13.7. The molecule has 2 aromatic rings. The molecule has 0 spiro atoms. The fourth-order valence-corrected chi connectivity index (χ4v) is 3.40. The van der Waals surface area contributed by atoms with Crippen molar-refractivity contribution >= 4 is 40.9 Å². The predicted octanol–water partition coefficient (Wildman–Crippen LogP) is 4.50. The van der Waals surface area contributed by atoms with Gasteiger partial charge in [-0.05, 0) is 47.5 Å². The fourth-order valence-electron chi connectivity index (χ4n) is 3.15. The molecule has 170 valence electrons. The summed E-state index contributed by atoms with van der Waals surface area (Å²) in [4.78, 5) is 37.3. The number of amides is 2. The van der Waals surface area contributed by atoms with Crippen molar-refractivity contribution < 1.29 is 19.2 Å². The van der Waals surface area contributed by atoms with Gasteiger partial charge in [0.05, 0.1) is 4.92 Å². The molecule has 2 amide bonds. The van der Waals surface area contributed by atoms with Crippen LogP contribution in [0.4, 0.5) is 5.69 Å². The molecule has 0 radical (unpaired) electrons. The van der Waals surface area contributed by atoms with Crippen LogP contribution >= 0.6 is 12.2 Å². The third-order valence-corrected chi connectivity index (χ3v) is 5.27. The number of hydrogen-bond acceptors (Lipinski definition) is 6. The van der Waals surface area contributed by atoms with Crippen molar-refractivity contribution in [2.24, 2.45) is 0 Å². The Hall–Kier alpha value is -3.85. The van der Waals surface area contributed by atoms with Gasteiger partial charge in [-0.15, -0.1) is 6.58 Å². The normalized spacial score (nSPS) is 15.4. The van der Waals surface area contributed by atoms with Crippen LogP contribution in [0.25, 0.3) is 6.08 Å². The number of nitro benzene ring substituents is 1. The fraction of sp³-hybridized carbons (Fsp3) is 0.208. The van der Waals surface area contributed by atoms with E-state index in [0.29, 0.717) is 5.75 Å². The van der Waals surface area contributed by atoms with E-state index in [1.165, 1.54) is 35.3 Å². The molecule has 0 atom stereocenters. The minimum Gasteiger partial charge on any atom is -0.457 e. The number of non-ortho nitro benzene ring substituents is 1. The van der Waals surface area contributed by atoms with Crippen LogP contribution in [0, 0.1) is 10.1 Å². The van der Waals surface area contributed by atoms with Crippen molar-refractivity contribution in [3.05, 3.63) is 81.9 Å². The monoisotopic (exact) mass is 465 g/mol. The van der Waals surface area contributed by atoms with E-state index in [-0.39, 0.29) is 39.6 Å². The number of nitrogens with zero attached hydrogens (tertiary/aromatic N) is 2. The van der Waals surface area contributed by atoms with Gasteiger partial charge >= 0.3 is 0 Å². The SMILES string of the molecule is C=CCN1C(=O)C(=Cc2cc([N+](=O)[O-])ccc2Oc2ccc(C(C)(C)C)cc2)C(=O)NC1=S. The standard InChI is InChI=1S/C24H23N3O5S/c1-5-12-26-22(29)19(21(28)25-23(26)33)14-15-13-17(27(30)31)8-11-20(15)32-18-9-6-16(7-10-18)24(2,3)4/h5-11,13-14H,1,12H2,2-4H3,(H,25,28,33). The molecule has 3 rings (SSSR count). The number of rotatable bonds is 6. The molecule has 1 fully saturated rings. The van der Waals surface area contributed by atoms with Gasteiger partial charge in [-0.3, -0.25) is 29.9 Å². The first-order valence-corrected chi connectivity index (χ1v) is 10.5. The van der Waals surface area contributed by atoms with E-state index >= 15 is 0 Å². The average molecular weight is 466 g/mol. The molecule has 1 saturated heterocycles. The highest BCUT2D eigenvalue weighted by atomic mass is 32.1. The Morgan fingerprint density at radius 3 is 2.42 bits per heavy atom. The molecule has 0 aromatic heterocycles. The minimum absolute atomic E-state index is 0.0310. The van der Waals surface area contributed by atoms with E-state index in [2.05, 4.69) is 32.7 Å². The van der Waals surface area contributed by atoms with Crippen molar-refractivity contribution in [3.8, 4) is 11.5 Å². The second-order valence-corrected chi connectivity index (χ2v) is 8.76. The summed E-state index contributed by atoms with van der Waals surface area (Å²) in [6.45, 7) is 9.97. The first-order valence-electron chi connectivity index (χ1n) is 10.1. The van der Waals surface area contributed by atoms with E-state index in [9.17, 15) is 19.7 Å². The molecule has 1 N–H and O–H groups in total. The summed E-state index contributed by atoms with van der Waals surface area (Å²) in [6.07, 6.45) is 2.74. The minimum atomic E-state index is -0.697. The molecule has 0 bridgehead atoms. The first kappa shape index (κ1) is 23.8. The highest BCUT2D eigenvalue weighted by Gasteiger charge is 2.33. The zero-order chi connectivity index (χ0) is 24.3. The van der Waals surface area contributed by atoms with Crippen LogP contribution in [-0.4, -0.2) is 33.3 Å². The van der Waals surface area contributed by atoms with Crippen LogP contribution < -0.4 is 10.1 Å². The van der Waals surface area contributed by atoms with Gasteiger partial charge in [0.15, 0.2) is 5.11 Å². The smallest absolute Gasteiger partial charge is 0.270 e. The number of nitro groups is 1. The summed E-state index contributed by atoms with van der Waals surface area (Å²) in [7, 11) is 0. The molecule has 1 aliphatic rings. The number of hydrogen-bond donors (Lipinski definition) is 1. The van der Waals surface area contributed by atoms with E-state index in [1.54, 1.807) is 12.1 Å². The van der Waals surface area contributed by atoms with Crippen molar-refractivity contribution in [2.75, 3.05) is 6.54 Å². The average Bonchev–Trinajstić information content (AvgIpc) is 2.74. The second-order valence-electron chi connectivity index (χ2n) is 8.38. The number of carbonyl (C=O) groups excluding carboxylic acids is 2. The molecule has 0 aliphatic carbocycles. The lowest BCUT2D eigenvalue weighted by Gasteiger charge is -2.27. The van der Waals surface area contributed by atoms with Crippen molar-refractivity contribution in [2.45, 2.75) is 26.2 Å². The zero-order valence-electron chi connectivity index (χ0n) is 18.5. The van der Waals surface area contributed by atoms with Crippen molar-refractivity contribution in [1.29, 1.82) is 0 Å². The highest BCUT2D eigenvalue weighted by Crippen LogP contribution is 2.32. The Kier molecular flexibility index (Phi) is 6.73. The summed E-state index contributed by atoms with van der Waals surface area (Å²) in [6, 6.07) is 11.4. The summed E-state index contributed by atoms with van der Waals surface area (Å²) in [5.74, 6) is -0.570. The topological polar surface area (TPSA) is 102 Å². The van der Waals surface area contributed by atoms with E-state index in [1.807, 2.05) is 12.1 Å². The lowest BCUT2D eigenvalue weighted by Crippen LogP contribution is -2.53. The summed E-state index contributed by atoms with van der Waals surface area (Å²) >= 11 is 5.05. The van der Waals surface area contributed by atoms with Gasteiger partial charge in [0.25, 0.3) is 17.5 Å². The Morgan fingerprint density at radius 2 is 1.85 bits per heavy atom. The number of benzene rings is 2. The third-order valence-electron chi connectivity index (χ3n) is 4.95. The van der Waals surface area contributed by atoms with Crippen LogP contribution in [-0.2, 0) is 15.0 Å². The lowest BCUT2D eigenvalue weighted by atomic mass is 9.87. The van der Waals surface area contributed by atoms with Gasteiger partial charge in [0.2, 0.25) is 0 Å². The van der Waals surface area contributed by atoms with Crippen LogP contribution in [0.5, 0.6) is 11.5 Å². The van der Waals surface area contributed by atoms with Crippen LogP contribution in [0.2, 0.25) is 0 Å². The van der Waals surface area contributed by atoms with Gasteiger partial charge in [0.1, 0.15) is 17.1 Å². The Labute approximate surface area is 196 Å². The Balaban J connectivity index is 2.03. The van der Waals surface area contributed by atoms with Gasteiger partial charge < -0.3 is 4.74 Å². The number of nitrogens with one attached hydrogen (secondary N) is 1. The van der Waals surface area contributed by atoms with Gasteiger partial charge in [-0.25, -0.2) is 0 Å². The second kappa shape index (κ2) is 9.33. The molecule has 8 nitrogen and oxygen atoms in total. The van der Waals surface area contributed by atoms with Gasteiger partial charge in [-0.2, -0.15) is 0 Å². The number of carbonyl (C=O) groups is 2. The van der Waals surface area contributed by atoms with Gasteiger partial charge in [-0.1, -0.05) is 39.0 Å². The summed E-state index contributed by atoms with van der Waals surface area (Å²) in [5.41, 5.74) is 0.851. The molecular formula is C24H23N3O5S. The maximum Gasteiger partial charge on any atom is 0.270 e. The maximum absolute atomic E-state index is 12.8. The quantitative estimate of drug-likeness (QED) is 0.168. The van der Waals surface area contributed by atoms with Crippen LogP contribution in [0.3, 0.4) is 0 Å². The zero-order valence-corrected chi connectivity index (χ0v) is 19.3. The molecule has 9 heteroatoms. The predicted molar refractivity (Wildman–Crippen MR) is 129 cm³/mol. The van der Waals surface area contributed by atoms with Crippen LogP contribution in [0.1, 0.15) is 31.9 Å². The molecule has 33 heavy (non-hydrogen) atoms. The lowest BCUT2D eigenvalue weighted by molar-refractivity contribution is -0.384. The van der Waals surface area contributed by atoms with E-state index in [4.69, 9.17) is 17.0 Å². The molecule has 2 aromatic carbocycles. The summed E-state index contributed by atoms with van der Waals surface area (Å²) < 4.78 is 5.95. The number of thiocarbonyl (C=S) groups is 1. The van der Waals surface area contributed by atoms with Crippen molar-refractivity contribution in [1.82, 2.24) is 10.2 Å². The van der Waals surface area contributed by atoms with Crippen molar-refractivity contribution in [3.63, 3.8) is 0 Å². The molecule has 0 saturated carbocycles. The van der Waals surface area contributed by atoms with Crippen LogP contribution in [0.15, 0.2) is 60.7 Å². The first-order chi connectivity index (χ1) is 15.5. The Bertz CT molecular complexity index is 1180. The third kappa shape index (κ3) is 5.32.